The molecule has 2 atom stereocenters. The van der Waals surface area contributed by atoms with Crippen molar-refractivity contribution in [2.24, 2.45) is 0 Å². The zero-order chi connectivity index (χ0) is 37.8. The van der Waals surface area contributed by atoms with Crippen LogP contribution in [0.25, 0.3) is 33.4 Å². The average molecular weight is 718 g/mol. The first-order valence-corrected chi connectivity index (χ1v) is 19.9. The molecule has 8 aromatic rings. The van der Waals surface area contributed by atoms with Crippen molar-refractivity contribution >= 4 is 17.1 Å². The van der Waals surface area contributed by atoms with E-state index in [1.54, 1.807) is 0 Å². The van der Waals surface area contributed by atoms with Crippen LogP contribution in [0.1, 0.15) is 72.2 Å². The normalized spacial score (nSPS) is 19.0. The minimum absolute atomic E-state index is 0.118. The van der Waals surface area contributed by atoms with Gasteiger partial charge in [-0.2, -0.15) is 0 Å². The molecular formula is C55H43N. The summed E-state index contributed by atoms with van der Waals surface area (Å²) in [4.78, 5) is 2.55. The molecule has 268 valence electrons. The first kappa shape index (κ1) is 32.9. The lowest BCUT2D eigenvalue weighted by Crippen LogP contribution is -2.23. The lowest BCUT2D eigenvalue weighted by molar-refractivity contribution is 0.660. The summed E-state index contributed by atoms with van der Waals surface area (Å²) in [5.41, 5.74) is 21.5. The van der Waals surface area contributed by atoms with Crippen molar-refractivity contribution in [1.82, 2.24) is 0 Å². The molecule has 0 saturated carbocycles. The molecule has 1 heteroatoms. The van der Waals surface area contributed by atoms with Crippen LogP contribution in [0.5, 0.6) is 0 Å². The van der Waals surface area contributed by atoms with Crippen LogP contribution >= 0.6 is 0 Å². The molecule has 3 aliphatic rings. The fourth-order valence-electron chi connectivity index (χ4n) is 10.8. The number of anilines is 3. The van der Waals surface area contributed by atoms with Crippen LogP contribution in [0.4, 0.5) is 17.1 Å². The molecule has 0 heterocycles. The van der Waals surface area contributed by atoms with E-state index >= 15 is 0 Å². The molecule has 3 aliphatic carbocycles. The van der Waals surface area contributed by atoms with Crippen LogP contribution < -0.4 is 4.90 Å². The van der Waals surface area contributed by atoms with Crippen molar-refractivity contribution < 1.29 is 0 Å². The van der Waals surface area contributed by atoms with Crippen molar-refractivity contribution in [3.05, 3.63) is 233 Å². The minimum atomic E-state index is -0.309. The fourth-order valence-corrected chi connectivity index (χ4v) is 10.8. The number of rotatable bonds is 5. The zero-order valence-electron chi connectivity index (χ0n) is 32.3. The van der Waals surface area contributed by atoms with E-state index in [0.717, 1.165) is 11.4 Å². The summed E-state index contributed by atoms with van der Waals surface area (Å²) < 4.78 is 0. The van der Waals surface area contributed by atoms with Gasteiger partial charge in [-0.25, -0.2) is 0 Å². The molecule has 0 fully saturated rings. The number of fused-ring (bicyclic) bond motifs is 9. The Kier molecular flexibility index (Phi) is 6.93. The molecule has 1 nitrogen and oxygen atoms in total. The molecule has 0 aliphatic heterocycles. The Morgan fingerprint density at radius 1 is 0.321 bits per heavy atom. The standard InChI is InChI=1S/C55H43N/c1-53(2)45-25-14-13-24-43(45)52-49(53)28-17-29-51(52)56(38-31-33-48-44(34-38)41-23-12-16-27-47(41)54(48,3)36-18-7-5-8-19-36)39-30-32-42-40-22-11-15-26-46(40)55(4,50(42)35-39)37-20-9-6-10-21-37/h5-35H,1-4H3. The molecule has 0 radical (unpaired) electrons. The van der Waals surface area contributed by atoms with Gasteiger partial charge in [-0.3, -0.25) is 0 Å². The monoisotopic (exact) mass is 717 g/mol. The number of hydrogen-bond acceptors (Lipinski definition) is 1. The Labute approximate surface area is 330 Å². The molecule has 0 N–H and O–H groups in total. The van der Waals surface area contributed by atoms with Gasteiger partial charge in [0.25, 0.3) is 0 Å². The van der Waals surface area contributed by atoms with Gasteiger partial charge in [0.05, 0.1) is 5.69 Å². The Balaban J connectivity index is 1.18. The maximum atomic E-state index is 2.55. The van der Waals surface area contributed by atoms with Gasteiger partial charge in [-0.1, -0.05) is 172 Å². The van der Waals surface area contributed by atoms with Crippen LogP contribution in [-0.2, 0) is 16.2 Å². The van der Waals surface area contributed by atoms with Gasteiger partial charge in [0.1, 0.15) is 0 Å². The minimum Gasteiger partial charge on any atom is -0.310 e. The molecule has 8 aromatic carbocycles. The van der Waals surface area contributed by atoms with E-state index in [-0.39, 0.29) is 16.2 Å². The lowest BCUT2D eigenvalue weighted by atomic mass is 9.74. The molecule has 0 amide bonds. The first-order chi connectivity index (χ1) is 27.3. The Hall–Kier alpha value is -6.44. The topological polar surface area (TPSA) is 3.24 Å². The van der Waals surface area contributed by atoms with Crippen LogP contribution in [0.3, 0.4) is 0 Å². The molecule has 2 unspecified atom stereocenters. The zero-order valence-corrected chi connectivity index (χ0v) is 32.3. The van der Waals surface area contributed by atoms with Gasteiger partial charge in [0.2, 0.25) is 0 Å². The number of nitrogens with zero attached hydrogens (tertiary/aromatic N) is 1. The lowest BCUT2D eigenvalue weighted by Gasteiger charge is -2.32. The SMILES string of the molecule is CC1(C)c2ccccc2-c2c(N(c3ccc4c(c3)-c3ccccc3C4(C)c3ccccc3)c3ccc4c(c3)C(C)(c3ccccc3)c3ccccc3-4)cccc21. The van der Waals surface area contributed by atoms with Crippen molar-refractivity contribution in [2.75, 3.05) is 4.90 Å². The van der Waals surface area contributed by atoms with Crippen molar-refractivity contribution in [3.63, 3.8) is 0 Å². The second kappa shape index (κ2) is 11.8. The summed E-state index contributed by atoms with van der Waals surface area (Å²) in [6.45, 7) is 9.56. The molecule has 0 aromatic heterocycles. The van der Waals surface area contributed by atoms with Gasteiger partial charge in [-0.05, 0) is 117 Å². The summed E-state index contributed by atoms with van der Waals surface area (Å²) in [6, 6.07) is 70.5. The molecule has 56 heavy (non-hydrogen) atoms. The predicted octanol–water partition coefficient (Wildman–Crippen LogP) is 14.1. The second-order valence-corrected chi connectivity index (χ2v) is 16.7. The van der Waals surface area contributed by atoms with E-state index in [2.05, 4.69) is 221 Å². The predicted molar refractivity (Wildman–Crippen MR) is 234 cm³/mol. The Morgan fingerprint density at radius 2 is 0.786 bits per heavy atom. The second-order valence-electron chi connectivity index (χ2n) is 16.7. The highest BCUT2D eigenvalue weighted by molar-refractivity contribution is 5.97. The Morgan fingerprint density at radius 3 is 1.45 bits per heavy atom. The maximum absolute atomic E-state index is 2.55. The molecule has 0 bridgehead atoms. The van der Waals surface area contributed by atoms with Gasteiger partial charge in [0, 0.05) is 33.2 Å². The van der Waals surface area contributed by atoms with Crippen molar-refractivity contribution in [1.29, 1.82) is 0 Å². The third kappa shape index (κ3) is 4.32. The highest BCUT2D eigenvalue weighted by atomic mass is 15.1. The van der Waals surface area contributed by atoms with E-state index < -0.39 is 0 Å². The van der Waals surface area contributed by atoms with E-state index in [9.17, 15) is 0 Å². The number of hydrogen-bond donors (Lipinski definition) is 0. The summed E-state index contributed by atoms with van der Waals surface area (Å²) in [5, 5.41) is 0. The fraction of sp³-hybridized carbons (Fsp3) is 0.127. The van der Waals surface area contributed by atoms with E-state index in [4.69, 9.17) is 0 Å². The highest BCUT2D eigenvalue weighted by Crippen LogP contribution is 2.58. The summed E-state index contributed by atoms with van der Waals surface area (Å²) >= 11 is 0. The molecule has 0 saturated heterocycles. The summed E-state index contributed by atoms with van der Waals surface area (Å²) in [7, 11) is 0. The van der Waals surface area contributed by atoms with Gasteiger partial charge in [-0.15, -0.1) is 0 Å². The summed E-state index contributed by atoms with van der Waals surface area (Å²) in [5.74, 6) is 0. The third-order valence-electron chi connectivity index (χ3n) is 13.6. The van der Waals surface area contributed by atoms with Crippen LogP contribution in [-0.4, -0.2) is 0 Å². The van der Waals surface area contributed by atoms with E-state index in [0.29, 0.717) is 0 Å². The average Bonchev–Trinajstić information content (AvgIpc) is 3.77. The Bertz CT molecular complexity index is 2870. The first-order valence-electron chi connectivity index (χ1n) is 19.9. The smallest absolute Gasteiger partial charge is 0.0543 e. The summed E-state index contributed by atoms with van der Waals surface area (Å²) in [6.07, 6.45) is 0. The largest absolute Gasteiger partial charge is 0.310 e. The van der Waals surface area contributed by atoms with Gasteiger partial charge < -0.3 is 4.90 Å². The van der Waals surface area contributed by atoms with Gasteiger partial charge >= 0.3 is 0 Å². The highest BCUT2D eigenvalue weighted by Gasteiger charge is 2.44. The van der Waals surface area contributed by atoms with Crippen LogP contribution in [0, 0.1) is 0 Å². The molecule has 0 spiro atoms. The number of benzene rings is 8. The molecular weight excluding hydrogens is 675 g/mol. The quantitative estimate of drug-likeness (QED) is 0.171. The van der Waals surface area contributed by atoms with Gasteiger partial charge in [0.15, 0.2) is 0 Å². The van der Waals surface area contributed by atoms with E-state index in [1.807, 2.05) is 0 Å². The maximum Gasteiger partial charge on any atom is 0.0543 e. The van der Waals surface area contributed by atoms with E-state index in [1.165, 1.54) is 83.6 Å². The van der Waals surface area contributed by atoms with Crippen molar-refractivity contribution in [3.8, 4) is 33.4 Å². The van der Waals surface area contributed by atoms with Crippen LogP contribution in [0.2, 0.25) is 0 Å². The van der Waals surface area contributed by atoms with Crippen molar-refractivity contribution in [2.45, 2.75) is 43.9 Å². The van der Waals surface area contributed by atoms with Crippen LogP contribution in [0.15, 0.2) is 188 Å². The third-order valence-corrected chi connectivity index (χ3v) is 13.6. The molecule has 11 rings (SSSR count).